The third-order valence-electron chi connectivity index (χ3n) is 6.99. The zero-order valence-electron chi connectivity index (χ0n) is 18.8. The zero-order chi connectivity index (χ0) is 23.4. The molecule has 4 aromatic heterocycles. The molecule has 5 aromatic rings. The summed E-state index contributed by atoms with van der Waals surface area (Å²) in [4.78, 5) is 25.8. The summed E-state index contributed by atoms with van der Waals surface area (Å²) < 4.78 is 17.9. The van der Waals surface area contributed by atoms with Crippen LogP contribution < -0.4 is 4.74 Å². The highest BCUT2D eigenvalue weighted by molar-refractivity contribution is 7.20. The Bertz CT molecular complexity index is 1480. The van der Waals surface area contributed by atoms with Crippen LogP contribution in [0.5, 0.6) is 10.9 Å². The lowest BCUT2D eigenvalue weighted by Gasteiger charge is -2.21. The van der Waals surface area contributed by atoms with Gasteiger partial charge in [-0.25, -0.2) is 4.98 Å². The smallest absolute Gasteiger partial charge is 0.281 e. The van der Waals surface area contributed by atoms with Gasteiger partial charge in [0.05, 0.1) is 22.8 Å². The van der Waals surface area contributed by atoms with E-state index in [9.17, 15) is 4.79 Å². The predicted molar refractivity (Wildman–Crippen MR) is 131 cm³/mol. The van der Waals surface area contributed by atoms with Gasteiger partial charge in [-0.05, 0) is 42.2 Å². The van der Waals surface area contributed by atoms with Crippen LogP contribution in [-0.4, -0.2) is 51.9 Å². The molecule has 1 aromatic carbocycles. The predicted octanol–water partition coefficient (Wildman–Crippen LogP) is 5.03. The summed E-state index contributed by atoms with van der Waals surface area (Å²) in [6, 6.07) is 11.5. The van der Waals surface area contributed by atoms with Crippen molar-refractivity contribution in [2.75, 3.05) is 26.2 Å². The second-order valence-corrected chi connectivity index (χ2v) is 10.3. The number of likely N-dealkylation sites (tertiary alicyclic amines) is 2. The summed E-state index contributed by atoms with van der Waals surface area (Å²) in [5.74, 6) is 1.77. The van der Waals surface area contributed by atoms with Crippen LogP contribution in [0.4, 0.5) is 0 Å². The molecule has 35 heavy (non-hydrogen) atoms. The Labute approximate surface area is 204 Å². The number of ether oxygens (including phenoxy) is 1. The van der Waals surface area contributed by atoms with Crippen LogP contribution in [-0.2, 0) is 6.54 Å². The van der Waals surface area contributed by atoms with E-state index in [0.717, 1.165) is 48.4 Å². The number of rotatable bonds is 5. The van der Waals surface area contributed by atoms with Crippen molar-refractivity contribution in [3.63, 3.8) is 0 Å². The van der Waals surface area contributed by atoms with Crippen LogP contribution in [0.2, 0.25) is 0 Å². The van der Waals surface area contributed by atoms with Gasteiger partial charge in [0.2, 0.25) is 0 Å². The van der Waals surface area contributed by atoms with Gasteiger partial charge in [-0.15, -0.1) is 0 Å². The molecule has 0 saturated carbocycles. The number of furan rings is 2. The van der Waals surface area contributed by atoms with Crippen LogP contribution in [0.1, 0.15) is 15.9 Å². The number of carbonyl (C=O) groups is 1. The Kier molecular flexibility index (Phi) is 4.85. The molecule has 0 bridgehead atoms. The topological polar surface area (TPSA) is 84.8 Å². The van der Waals surface area contributed by atoms with Gasteiger partial charge in [-0.2, -0.15) is 4.98 Å². The number of thiazole rings is 1. The van der Waals surface area contributed by atoms with Crippen molar-refractivity contribution >= 4 is 38.6 Å². The van der Waals surface area contributed by atoms with E-state index in [2.05, 4.69) is 20.9 Å². The lowest BCUT2D eigenvalue weighted by molar-refractivity contribution is 0.0772. The molecule has 1 amide bonds. The minimum Gasteiger partial charge on any atom is -0.472 e. The average molecular weight is 487 g/mol. The Morgan fingerprint density at radius 1 is 1.11 bits per heavy atom. The number of fused-ring (bicyclic) bond motifs is 3. The van der Waals surface area contributed by atoms with E-state index in [0.29, 0.717) is 34.0 Å². The average Bonchev–Trinajstić information content (AvgIpc) is 3.66. The molecule has 0 aliphatic carbocycles. The largest absolute Gasteiger partial charge is 0.472 e. The van der Waals surface area contributed by atoms with E-state index in [-0.39, 0.29) is 5.91 Å². The number of benzene rings is 1. The third-order valence-corrected chi connectivity index (χ3v) is 7.88. The molecule has 2 atom stereocenters. The number of hydrogen-bond acceptors (Lipinski definition) is 8. The molecule has 9 heteroatoms. The molecule has 2 fully saturated rings. The zero-order valence-corrected chi connectivity index (χ0v) is 19.6. The van der Waals surface area contributed by atoms with E-state index >= 15 is 0 Å². The number of carbonyl (C=O) groups excluding carboxylic acids is 1. The Balaban J connectivity index is 1.01. The number of amides is 1. The molecule has 7 rings (SSSR count). The van der Waals surface area contributed by atoms with E-state index in [1.165, 1.54) is 23.2 Å². The van der Waals surface area contributed by atoms with E-state index in [4.69, 9.17) is 13.6 Å². The van der Waals surface area contributed by atoms with Gasteiger partial charge < -0.3 is 18.5 Å². The quantitative estimate of drug-likeness (QED) is 0.345. The lowest BCUT2D eigenvalue weighted by atomic mass is 10.0. The third kappa shape index (κ3) is 3.77. The first-order chi connectivity index (χ1) is 17.2. The highest BCUT2D eigenvalue weighted by Crippen LogP contribution is 2.35. The first-order valence-corrected chi connectivity index (χ1v) is 12.4. The molecule has 0 spiro atoms. The molecular weight excluding hydrogens is 464 g/mol. The fourth-order valence-electron chi connectivity index (χ4n) is 5.34. The number of aromatic nitrogens is 2. The SMILES string of the molecule is O=C(c1ccoc1)N1CC2CN(Cc3coc4cc(Oc5nc6ncccc6s5)ccc34)CC2C1. The highest BCUT2D eigenvalue weighted by atomic mass is 32.1. The molecule has 2 aliphatic heterocycles. The Hall–Kier alpha value is -3.69. The fourth-order valence-corrected chi connectivity index (χ4v) is 6.13. The standard InChI is InChI=1S/C26H22N4O4S/c31-25(16-5-7-32-14-16)30-12-17-9-29(10-18(17)13-30)11-19-15-33-22-8-20(3-4-21(19)22)34-26-28-24-23(35-26)2-1-6-27-24/h1-8,14-15,17-18H,9-13H2. The molecule has 2 saturated heterocycles. The molecule has 0 N–H and O–H groups in total. The molecule has 176 valence electrons. The van der Waals surface area contributed by atoms with Gasteiger partial charge >= 0.3 is 0 Å². The maximum absolute atomic E-state index is 12.6. The van der Waals surface area contributed by atoms with Crippen molar-refractivity contribution in [2.45, 2.75) is 6.54 Å². The second kappa shape index (κ2) is 8.21. The van der Waals surface area contributed by atoms with E-state index in [1.54, 1.807) is 18.5 Å². The van der Waals surface area contributed by atoms with Crippen LogP contribution in [0.25, 0.3) is 21.3 Å². The minimum absolute atomic E-state index is 0.0701. The van der Waals surface area contributed by atoms with Crippen molar-refractivity contribution in [1.82, 2.24) is 19.8 Å². The molecule has 6 heterocycles. The summed E-state index contributed by atoms with van der Waals surface area (Å²) in [6.07, 6.45) is 6.65. The van der Waals surface area contributed by atoms with Crippen LogP contribution in [0.15, 0.2) is 70.2 Å². The summed E-state index contributed by atoms with van der Waals surface area (Å²) in [7, 11) is 0. The van der Waals surface area contributed by atoms with Gasteiger partial charge in [0.25, 0.3) is 11.1 Å². The highest BCUT2D eigenvalue weighted by Gasteiger charge is 2.41. The second-order valence-electron chi connectivity index (χ2n) is 9.26. The summed E-state index contributed by atoms with van der Waals surface area (Å²) in [6.45, 7) is 4.41. The monoisotopic (exact) mass is 486 g/mol. The van der Waals surface area contributed by atoms with E-state index < -0.39 is 0 Å². The molecule has 8 nitrogen and oxygen atoms in total. The Morgan fingerprint density at radius 2 is 2.00 bits per heavy atom. The van der Waals surface area contributed by atoms with Crippen LogP contribution in [0, 0.1) is 11.8 Å². The van der Waals surface area contributed by atoms with Crippen LogP contribution in [0.3, 0.4) is 0 Å². The number of nitrogens with zero attached hydrogens (tertiary/aromatic N) is 4. The van der Waals surface area contributed by atoms with Gasteiger partial charge in [-0.1, -0.05) is 11.3 Å². The van der Waals surface area contributed by atoms with E-state index in [1.807, 2.05) is 35.4 Å². The van der Waals surface area contributed by atoms with Crippen molar-refractivity contribution in [2.24, 2.45) is 11.8 Å². The van der Waals surface area contributed by atoms with Gasteiger partial charge in [0.15, 0.2) is 5.65 Å². The molecule has 0 radical (unpaired) electrons. The van der Waals surface area contributed by atoms with Crippen molar-refractivity contribution in [3.8, 4) is 10.9 Å². The van der Waals surface area contributed by atoms with Gasteiger partial charge in [-0.3, -0.25) is 9.69 Å². The summed E-state index contributed by atoms with van der Waals surface area (Å²) in [5, 5.41) is 1.66. The van der Waals surface area contributed by atoms with Crippen molar-refractivity contribution < 1.29 is 18.4 Å². The number of pyridine rings is 1. The molecule has 2 aliphatic rings. The Morgan fingerprint density at radius 3 is 2.80 bits per heavy atom. The lowest BCUT2D eigenvalue weighted by Crippen LogP contribution is -2.32. The van der Waals surface area contributed by atoms with Crippen molar-refractivity contribution in [1.29, 1.82) is 0 Å². The normalized spacial score (nSPS) is 20.2. The van der Waals surface area contributed by atoms with Crippen molar-refractivity contribution in [3.05, 3.63) is 72.5 Å². The maximum atomic E-state index is 12.6. The molecular formula is C26H22N4O4S. The fraction of sp³-hybridized carbons (Fsp3) is 0.269. The number of hydrogen-bond donors (Lipinski definition) is 0. The van der Waals surface area contributed by atoms with Gasteiger partial charge in [0, 0.05) is 55.9 Å². The minimum atomic E-state index is 0.0701. The first kappa shape index (κ1) is 20.7. The molecule has 2 unspecified atom stereocenters. The summed E-state index contributed by atoms with van der Waals surface area (Å²) >= 11 is 1.47. The van der Waals surface area contributed by atoms with Crippen LogP contribution >= 0.6 is 11.3 Å². The summed E-state index contributed by atoms with van der Waals surface area (Å²) in [5.41, 5.74) is 3.29. The first-order valence-electron chi connectivity index (χ1n) is 11.6. The maximum Gasteiger partial charge on any atom is 0.281 e. The van der Waals surface area contributed by atoms with Gasteiger partial charge in [0.1, 0.15) is 17.6 Å².